The van der Waals surface area contributed by atoms with Crippen LogP contribution in [-0.4, -0.2) is 41.5 Å². The van der Waals surface area contributed by atoms with Gasteiger partial charge in [0.25, 0.3) is 5.91 Å². The molecule has 1 amide bonds. The van der Waals surface area contributed by atoms with Crippen molar-refractivity contribution in [2.45, 2.75) is 24.2 Å². The molecule has 1 saturated heterocycles. The van der Waals surface area contributed by atoms with E-state index in [4.69, 9.17) is 0 Å². The predicted octanol–water partition coefficient (Wildman–Crippen LogP) is 3.30. The quantitative estimate of drug-likeness (QED) is 0.699. The molecule has 1 fully saturated rings. The van der Waals surface area contributed by atoms with Gasteiger partial charge in [-0.2, -0.15) is 9.40 Å². The number of aromatic nitrogens is 2. The van der Waals surface area contributed by atoms with Crippen LogP contribution in [0.1, 0.15) is 29.6 Å². The van der Waals surface area contributed by atoms with Crippen LogP contribution in [0, 0.1) is 0 Å². The van der Waals surface area contributed by atoms with Gasteiger partial charge < -0.3 is 5.32 Å². The van der Waals surface area contributed by atoms with E-state index in [2.05, 4.69) is 10.4 Å². The second-order valence-corrected chi connectivity index (χ2v) is 8.83. The molecule has 2 heterocycles. The first-order valence-corrected chi connectivity index (χ1v) is 11.0. The molecule has 1 aromatic heterocycles. The molecular weight excluding hydrogens is 388 g/mol. The molecule has 3 aromatic rings. The maximum Gasteiger partial charge on any atom is 0.258 e. The fourth-order valence-electron chi connectivity index (χ4n) is 3.40. The van der Waals surface area contributed by atoms with Gasteiger partial charge in [0.05, 0.1) is 23.1 Å². The number of nitrogens with zero attached hydrogens (tertiary/aromatic N) is 3. The van der Waals surface area contributed by atoms with E-state index in [0.717, 1.165) is 24.9 Å². The van der Waals surface area contributed by atoms with Crippen molar-refractivity contribution >= 4 is 21.6 Å². The first kappa shape index (κ1) is 19.4. The molecule has 1 N–H and O–H groups in total. The van der Waals surface area contributed by atoms with Gasteiger partial charge in [0, 0.05) is 19.3 Å². The number of nitrogens with one attached hydrogen (secondary N) is 1. The SMILES string of the molecule is O=C(Nc1ccccc1S(=O)(=O)N1CCCCC1)c1cnn(-c2ccccc2)c1. The van der Waals surface area contributed by atoms with Crippen LogP contribution >= 0.6 is 0 Å². The summed E-state index contributed by atoms with van der Waals surface area (Å²) in [4.78, 5) is 12.9. The Hall–Kier alpha value is -2.97. The molecule has 7 nitrogen and oxygen atoms in total. The molecule has 8 heteroatoms. The van der Waals surface area contributed by atoms with E-state index in [9.17, 15) is 13.2 Å². The molecular formula is C21H22N4O3S. The largest absolute Gasteiger partial charge is 0.321 e. The number of amides is 1. The topological polar surface area (TPSA) is 84.3 Å². The lowest BCUT2D eigenvalue weighted by Gasteiger charge is -2.26. The summed E-state index contributed by atoms with van der Waals surface area (Å²) in [6.45, 7) is 1.02. The Balaban J connectivity index is 1.57. The summed E-state index contributed by atoms with van der Waals surface area (Å²) in [6.07, 6.45) is 5.82. The number of carbonyl (C=O) groups is 1. The van der Waals surface area contributed by atoms with Crippen molar-refractivity contribution < 1.29 is 13.2 Å². The third-order valence-corrected chi connectivity index (χ3v) is 6.89. The molecule has 0 unspecified atom stereocenters. The highest BCUT2D eigenvalue weighted by Gasteiger charge is 2.28. The van der Waals surface area contributed by atoms with Gasteiger partial charge in [0.1, 0.15) is 4.90 Å². The average molecular weight is 410 g/mol. The highest BCUT2D eigenvalue weighted by atomic mass is 32.2. The summed E-state index contributed by atoms with van der Waals surface area (Å²) in [5.41, 5.74) is 1.45. The molecule has 1 aliphatic rings. The Morgan fingerprint density at radius 3 is 2.38 bits per heavy atom. The van der Waals surface area contributed by atoms with Crippen molar-refractivity contribution in [2.24, 2.45) is 0 Å². The van der Waals surface area contributed by atoms with Crippen molar-refractivity contribution in [3.63, 3.8) is 0 Å². The zero-order chi connectivity index (χ0) is 20.3. The van der Waals surface area contributed by atoms with Gasteiger partial charge in [-0.15, -0.1) is 0 Å². The smallest absolute Gasteiger partial charge is 0.258 e. The number of hydrogen-bond donors (Lipinski definition) is 1. The van der Waals surface area contributed by atoms with Crippen molar-refractivity contribution in [3.8, 4) is 5.69 Å². The maximum absolute atomic E-state index is 13.1. The van der Waals surface area contributed by atoms with E-state index in [1.165, 1.54) is 16.6 Å². The van der Waals surface area contributed by atoms with Gasteiger partial charge in [-0.1, -0.05) is 36.8 Å². The molecule has 2 aromatic carbocycles. The second kappa shape index (κ2) is 8.18. The van der Waals surface area contributed by atoms with Gasteiger partial charge in [-0.05, 0) is 37.1 Å². The molecule has 0 spiro atoms. The van der Waals surface area contributed by atoms with Crippen LogP contribution in [0.25, 0.3) is 5.69 Å². The van der Waals surface area contributed by atoms with Crippen LogP contribution in [0.5, 0.6) is 0 Å². The zero-order valence-corrected chi connectivity index (χ0v) is 16.7. The third-order valence-electron chi connectivity index (χ3n) is 4.93. The van der Waals surface area contributed by atoms with Crippen molar-refractivity contribution in [3.05, 3.63) is 72.6 Å². The summed E-state index contributed by atoms with van der Waals surface area (Å²) in [6, 6.07) is 16.0. The van der Waals surface area contributed by atoms with Gasteiger partial charge >= 0.3 is 0 Å². The predicted molar refractivity (Wildman–Crippen MR) is 111 cm³/mol. The van der Waals surface area contributed by atoms with E-state index in [0.29, 0.717) is 18.7 Å². The van der Waals surface area contributed by atoms with Gasteiger partial charge in [-0.3, -0.25) is 4.79 Å². The Kier molecular flexibility index (Phi) is 5.46. The normalized spacial score (nSPS) is 15.2. The third kappa shape index (κ3) is 4.08. The Labute approximate surface area is 170 Å². The van der Waals surface area contributed by atoms with Crippen molar-refractivity contribution in [1.29, 1.82) is 0 Å². The number of para-hydroxylation sites is 2. The first-order valence-electron chi connectivity index (χ1n) is 9.56. The molecule has 4 rings (SSSR count). The van der Waals surface area contributed by atoms with Crippen LogP contribution in [0.4, 0.5) is 5.69 Å². The number of carbonyl (C=O) groups excluding carboxylic acids is 1. The fraction of sp³-hybridized carbons (Fsp3) is 0.238. The van der Waals surface area contributed by atoms with E-state index < -0.39 is 15.9 Å². The highest BCUT2D eigenvalue weighted by molar-refractivity contribution is 7.89. The van der Waals surface area contributed by atoms with E-state index in [-0.39, 0.29) is 10.6 Å². The number of piperidine rings is 1. The van der Waals surface area contributed by atoms with Crippen LogP contribution in [0.3, 0.4) is 0 Å². The fourth-order valence-corrected chi connectivity index (χ4v) is 5.06. The summed E-state index contributed by atoms with van der Waals surface area (Å²) < 4.78 is 29.2. The van der Waals surface area contributed by atoms with Crippen molar-refractivity contribution in [2.75, 3.05) is 18.4 Å². The summed E-state index contributed by atoms with van der Waals surface area (Å²) in [5, 5.41) is 6.96. The zero-order valence-electron chi connectivity index (χ0n) is 15.9. The minimum absolute atomic E-state index is 0.116. The van der Waals surface area contributed by atoms with E-state index in [1.807, 2.05) is 30.3 Å². The van der Waals surface area contributed by atoms with Gasteiger partial charge in [0.15, 0.2) is 0 Å². The van der Waals surface area contributed by atoms with Gasteiger partial charge in [0.2, 0.25) is 10.0 Å². The monoisotopic (exact) mass is 410 g/mol. The maximum atomic E-state index is 13.1. The van der Waals surface area contributed by atoms with Crippen LogP contribution in [0.15, 0.2) is 71.9 Å². The molecule has 0 aliphatic carbocycles. The Morgan fingerprint density at radius 2 is 1.62 bits per heavy atom. The molecule has 0 radical (unpaired) electrons. The number of hydrogen-bond acceptors (Lipinski definition) is 4. The van der Waals surface area contributed by atoms with E-state index >= 15 is 0 Å². The van der Waals surface area contributed by atoms with Crippen molar-refractivity contribution in [1.82, 2.24) is 14.1 Å². The number of sulfonamides is 1. The number of benzene rings is 2. The minimum atomic E-state index is -3.66. The standard InChI is InChI=1S/C21H22N4O3S/c26-21(17-15-22-25(16-17)18-9-3-1-4-10-18)23-19-11-5-6-12-20(19)29(27,28)24-13-7-2-8-14-24/h1,3-6,9-12,15-16H,2,7-8,13-14H2,(H,23,26). The first-order chi connectivity index (χ1) is 14.1. The highest BCUT2D eigenvalue weighted by Crippen LogP contribution is 2.27. The summed E-state index contributed by atoms with van der Waals surface area (Å²) in [7, 11) is -3.66. The lowest BCUT2D eigenvalue weighted by molar-refractivity contribution is 0.102. The minimum Gasteiger partial charge on any atom is -0.321 e. The van der Waals surface area contributed by atoms with Crippen LogP contribution in [0.2, 0.25) is 0 Å². The molecule has 150 valence electrons. The number of rotatable bonds is 5. The summed E-state index contributed by atoms with van der Waals surface area (Å²) in [5.74, 6) is -0.409. The van der Waals surface area contributed by atoms with Crippen LogP contribution < -0.4 is 5.32 Å². The molecule has 0 bridgehead atoms. The number of anilines is 1. The van der Waals surface area contributed by atoms with Crippen LogP contribution in [-0.2, 0) is 10.0 Å². The second-order valence-electron chi connectivity index (χ2n) is 6.92. The molecule has 0 atom stereocenters. The molecule has 29 heavy (non-hydrogen) atoms. The molecule has 1 aliphatic heterocycles. The van der Waals surface area contributed by atoms with E-state index in [1.54, 1.807) is 29.1 Å². The van der Waals surface area contributed by atoms with Gasteiger partial charge in [-0.25, -0.2) is 13.1 Å². The lowest BCUT2D eigenvalue weighted by atomic mass is 10.2. The Morgan fingerprint density at radius 1 is 0.931 bits per heavy atom. The average Bonchev–Trinajstić information content (AvgIpc) is 3.26. The molecule has 0 saturated carbocycles. The lowest BCUT2D eigenvalue weighted by Crippen LogP contribution is -2.36. The Bertz CT molecular complexity index is 1100. The summed E-state index contributed by atoms with van der Waals surface area (Å²) >= 11 is 0.